The lowest BCUT2D eigenvalue weighted by atomic mass is 10.1. The van der Waals surface area contributed by atoms with Crippen molar-refractivity contribution in [3.8, 4) is 0 Å². The van der Waals surface area contributed by atoms with E-state index >= 15 is 0 Å². The number of hydrogen-bond acceptors (Lipinski definition) is 4. The molecule has 18 heavy (non-hydrogen) atoms. The maximum Gasteiger partial charge on any atom is 0.251 e. The molecule has 5 heteroatoms. The maximum absolute atomic E-state index is 11.5. The Hall–Kier alpha value is -1.75. The first kappa shape index (κ1) is 12.7. The highest BCUT2D eigenvalue weighted by atomic mass is 16.5. The fraction of sp³-hybridized carbons (Fsp3) is 0.462. The molecular formula is C13H19N3O2. The fourth-order valence-electron chi connectivity index (χ4n) is 2.10. The Bertz CT molecular complexity index is 448. The van der Waals surface area contributed by atoms with Crippen LogP contribution in [0.5, 0.6) is 0 Å². The molecule has 1 fully saturated rings. The first-order valence-corrected chi connectivity index (χ1v) is 6.11. The van der Waals surface area contributed by atoms with Gasteiger partial charge >= 0.3 is 0 Å². The van der Waals surface area contributed by atoms with E-state index < -0.39 is 0 Å². The molecule has 98 valence electrons. The molecule has 1 aliphatic rings. The van der Waals surface area contributed by atoms with E-state index in [4.69, 9.17) is 10.5 Å². The molecule has 1 heterocycles. The van der Waals surface area contributed by atoms with Gasteiger partial charge in [0.05, 0.1) is 23.5 Å². The van der Waals surface area contributed by atoms with Gasteiger partial charge in [-0.15, -0.1) is 0 Å². The topological polar surface area (TPSA) is 76.4 Å². The van der Waals surface area contributed by atoms with E-state index in [2.05, 4.69) is 10.6 Å². The zero-order chi connectivity index (χ0) is 13.1. The van der Waals surface area contributed by atoms with Gasteiger partial charge < -0.3 is 21.1 Å². The number of carbonyl (C=O) groups is 1. The smallest absolute Gasteiger partial charge is 0.251 e. The van der Waals surface area contributed by atoms with Crippen LogP contribution in [0.25, 0.3) is 0 Å². The minimum absolute atomic E-state index is 0.134. The van der Waals surface area contributed by atoms with E-state index in [1.165, 1.54) is 0 Å². The molecule has 0 radical (unpaired) electrons. The van der Waals surface area contributed by atoms with Crippen LogP contribution in [0, 0.1) is 0 Å². The van der Waals surface area contributed by atoms with Crippen molar-refractivity contribution in [2.45, 2.75) is 25.5 Å². The number of nitrogen functional groups attached to an aromatic ring is 1. The van der Waals surface area contributed by atoms with Crippen LogP contribution in [-0.2, 0) is 4.74 Å². The van der Waals surface area contributed by atoms with Crippen molar-refractivity contribution in [3.05, 3.63) is 23.8 Å². The third-order valence-corrected chi connectivity index (χ3v) is 3.26. The van der Waals surface area contributed by atoms with Gasteiger partial charge in [-0.1, -0.05) is 0 Å². The molecule has 0 aliphatic carbocycles. The van der Waals surface area contributed by atoms with Crippen molar-refractivity contribution in [1.29, 1.82) is 0 Å². The van der Waals surface area contributed by atoms with Gasteiger partial charge in [-0.05, 0) is 31.5 Å². The second-order valence-corrected chi connectivity index (χ2v) is 4.50. The van der Waals surface area contributed by atoms with E-state index in [-0.39, 0.29) is 18.1 Å². The summed E-state index contributed by atoms with van der Waals surface area (Å²) in [6.45, 7) is 2.81. The number of benzene rings is 1. The van der Waals surface area contributed by atoms with Gasteiger partial charge in [-0.25, -0.2) is 0 Å². The van der Waals surface area contributed by atoms with E-state index in [0.717, 1.165) is 18.7 Å². The van der Waals surface area contributed by atoms with Crippen LogP contribution in [0.3, 0.4) is 0 Å². The molecular weight excluding hydrogens is 230 g/mol. The average Bonchev–Trinajstić information content (AvgIpc) is 2.76. The number of anilines is 2. The van der Waals surface area contributed by atoms with E-state index in [0.29, 0.717) is 11.3 Å². The Labute approximate surface area is 107 Å². The number of carbonyl (C=O) groups excluding carboxylic acids is 1. The maximum atomic E-state index is 11.5. The van der Waals surface area contributed by atoms with E-state index in [1.807, 2.05) is 13.0 Å². The number of hydrogen-bond donors (Lipinski definition) is 3. The summed E-state index contributed by atoms with van der Waals surface area (Å²) in [5, 5.41) is 5.93. The summed E-state index contributed by atoms with van der Waals surface area (Å²) in [6, 6.07) is 5.56. The highest BCUT2D eigenvalue weighted by molar-refractivity contribution is 5.95. The first-order chi connectivity index (χ1) is 8.61. The summed E-state index contributed by atoms with van der Waals surface area (Å²) in [5.74, 6) is -0.134. The molecule has 1 aliphatic heterocycles. The van der Waals surface area contributed by atoms with Crippen molar-refractivity contribution in [3.63, 3.8) is 0 Å². The molecule has 1 amide bonds. The lowest BCUT2D eigenvalue weighted by Crippen LogP contribution is -2.27. The Balaban J connectivity index is 2.12. The van der Waals surface area contributed by atoms with Gasteiger partial charge in [0.1, 0.15) is 0 Å². The molecule has 2 atom stereocenters. The highest BCUT2D eigenvalue weighted by Crippen LogP contribution is 2.24. The van der Waals surface area contributed by atoms with Gasteiger partial charge in [-0.3, -0.25) is 4.79 Å². The van der Waals surface area contributed by atoms with Gasteiger partial charge in [0.15, 0.2) is 0 Å². The summed E-state index contributed by atoms with van der Waals surface area (Å²) >= 11 is 0. The molecule has 1 aromatic rings. The average molecular weight is 249 g/mol. The van der Waals surface area contributed by atoms with Gasteiger partial charge in [0.2, 0.25) is 0 Å². The van der Waals surface area contributed by atoms with Crippen LogP contribution < -0.4 is 16.4 Å². The quantitative estimate of drug-likeness (QED) is 0.704. The third-order valence-electron chi connectivity index (χ3n) is 3.26. The van der Waals surface area contributed by atoms with E-state index in [1.54, 1.807) is 19.2 Å². The lowest BCUT2D eigenvalue weighted by molar-refractivity contribution is 0.0963. The summed E-state index contributed by atoms with van der Waals surface area (Å²) in [7, 11) is 1.60. The molecule has 0 bridgehead atoms. The Morgan fingerprint density at radius 3 is 2.83 bits per heavy atom. The molecule has 0 saturated carbocycles. The van der Waals surface area contributed by atoms with Crippen LogP contribution in [0.15, 0.2) is 18.2 Å². The third kappa shape index (κ3) is 2.56. The van der Waals surface area contributed by atoms with Crippen LogP contribution in [-0.4, -0.2) is 31.7 Å². The SMILES string of the molecule is CNC(=O)c1ccc(NC2CCOC2C)c(N)c1. The Kier molecular flexibility index (Phi) is 3.72. The molecule has 1 saturated heterocycles. The van der Waals surface area contributed by atoms with Crippen molar-refractivity contribution in [2.24, 2.45) is 0 Å². The Morgan fingerprint density at radius 1 is 1.50 bits per heavy atom. The molecule has 1 aromatic carbocycles. The molecule has 5 nitrogen and oxygen atoms in total. The minimum Gasteiger partial charge on any atom is -0.397 e. The van der Waals surface area contributed by atoms with Crippen molar-refractivity contribution in [2.75, 3.05) is 24.7 Å². The van der Waals surface area contributed by atoms with Crippen LogP contribution in [0.1, 0.15) is 23.7 Å². The lowest BCUT2D eigenvalue weighted by Gasteiger charge is -2.19. The standard InChI is InChI=1S/C13H19N3O2/c1-8-11(5-6-18-8)16-12-4-3-9(7-10(12)14)13(17)15-2/h3-4,7-8,11,16H,5-6,14H2,1-2H3,(H,15,17). The number of amides is 1. The van der Waals surface area contributed by atoms with Crippen LogP contribution in [0.2, 0.25) is 0 Å². The second kappa shape index (κ2) is 5.27. The van der Waals surface area contributed by atoms with Crippen molar-refractivity contribution in [1.82, 2.24) is 5.32 Å². The Morgan fingerprint density at radius 2 is 2.28 bits per heavy atom. The summed E-state index contributed by atoms with van der Waals surface area (Å²) in [4.78, 5) is 11.5. The predicted molar refractivity (Wildman–Crippen MR) is 71.7 cm³/mol. The fourth-order valence-corrected chi connectivity index (χ4v) is 2.10. The molecule has 0 aromatic heterocycles. The van der Waals surface area contributed by atoms with Crippen molar-refractivity contribution < 1.29 is 9.53 Å². The summed E-state index contributed by atoms with van der Waals surface area (Å²) in [5.41, 5.74) is 7.95. The molecule has 0 spiro atoms. The normalized spacial score (nSPS) is 22.8. The van der Waals surface area contributed by atoms with Gasteiger partial charge in [0.25, 0.3) is 5.91 Å². The second-order valence-electron chi connectivity index (χ2n) is 4.50. The number of nitrogens with two attached hydrogens (primary N) is 1. The minimum atomic E-state index is -0.134. The predicted octanol–water partition coefficient (Wildman–Crippen LogP) is 1.22. The van der Waals surface area contributed by atoms with Crippen LogP contribution in [0.4, 0.5) is 11.4 Å². The zero-order valence-corrected chi connectivity index (χ0v) is 10.7. The first-order valence-electron chi connectivity index (χ1n) is 6.11. The van der Waals surface area contributed by atoms with Gasteiger partial charge in [0, 0.05) is 19.2 Å². The highest BCUT2D eigenvalue weighted by Gasteiger charge is 2.24. The summed E-state index contributed by atoms with van der Waals surface area (Å²) in [6.07, 6.45) is 1.15. The summed E-state index contributed by atoms with van der Waals surface area (Å²) < 4.78 is 5.49. The molecule has 2 unspecified atom stereocenters. The monoisotopic (exact) mass is 249 g/mol. The van der Waals surface area contributed by atoms with E-state index in [9.17, 15) is 4.79 Å². The van der Waals surface area contributed by atoms with Gasteiger partial charge in [-0.2, -0.15) is 0 Å². The number of ether oxygens (including phenoxy) is 1. The molecule has 2 rings (SSSR count). The largest absolute Gasteiger partial charge is 0.397 e. The number of nitrogens with one attached hydrogen (secondary N) is 2. The van der Waals surface area contributed by atoms with Crippen molar-refractivity contribution >= 4 is 17.3 Å². The number of rotatable bonds is 3. The van der Waals surface area contributed by atoms with Crippen LogP contribution >= 0.6 is 0 Å². The zero-order valence-electron chi connectivity index (χ0n) is 10.7. The molecule has 4 N–H and O–H groups in total.